The van der Waals surface area contributed by atoms with Crippen LogP contribution in [-0.4, -0.2) is 30.7 Å². The Labute approximate surface area is 131 Å². The molecule has 0 radical (unpaired) electrons. The Morgan fingerprint density at radius 2 is 1.55 bits per heavy atom. The Morgan fingerprint density at radius 1 is 1.00 bits per heavy atom. The highest BCUT2D eigenvalue weighted by Gasteiger charge is 2.34. The molecule has 0 spiro atoms. The Hall–Kier alpha value is -1.29. The first-order valence-electron chi connectivity index (χ1n) is 8.04. The standard InChI is InChI=1S/C18H26F3N/c1-3-5-13-22(14-6-4-2)15-12-17(18(19,20)21)16-10-8-7-9-11-16/h7-12H,3-6,13-15H2,1-2H3/b17-12-. The Bertz CT molecular complexity index is 429. The van der Waals surface area contributed by atoms with E-state index in [9.17, 15) is 13.2 Å². The van der Waals surface area contributed by atoms with Crippen molar-refractivity contribution in [1.29, 1.82) is 0 Å². The van der Waals surface area contributed by atoms with Crippen molar-refractivity contribution < 1.29 is 13.2 Å². The Balaban J connectivity index is 2.86. The van der Waals surface area contributed by atoms with E-state index in [4.69, 9.17) is 0 Å². The monoisotopic (exact) mass is 313 g/mol. The third kappa shape index (κ3) is 6.65. The highest BCUT2D eigenvalue weighted by atomic mass is 19.4. The van der Waals surface area contributed by atoms with Crippen LogP contribution in [0.25, 0.3) is 5.57 Å². The van der Waals surface area contributed by atoms with E-state index < -0.39 is 11.7 Å². The number of unbranched alkanes of at least 4 members (excludes halogenated alkanes) is 2. The van der Waals surface area contributed by atoms with Gasteiger partial charge in [-0.2, -0.15) is 13.2 Å². The molecule has 0 aromatic heterocycles. The molecule has 22 heavy (non-hydrogen) atoms. The van der Waals surface area contributed by atoms with Crippen molar-refractivity contribution in [1.82, 2.24) is 4.90 Å². The Kier molecular flexibility index (Phi) is 8.25. The van der Waals surface area contributed by atoms with Crippen LogP contribution in [0.1, 0.15) is 45.1 Å². The van der Waals surface area contributed by atoms with Gasteiger partial charge in [-0.25, -0.2) is 0 Å². The fraction of sp³-hybridized carbons (Fsp3) is 0.556. The van der Waals surface area contributed by atoms with Crippen molar-refractivity contribution in [2.75, 3.05) is 19.6 Å². The summed E-state index contributed by atoms with van der Waals surface area (Å²) in [7, 11) is 0. The second-order valence-corrected chi connectivity index (χ2v) is 5.49. The van der Waals surface area contributed by atoms with Gasteiger partial charge >= 0.3 is 6.18 Å². The molecule has 0 aliphatic heterocycles. The van der Waals surface area contributed by atoms with E-state index in [1.54, 1.807) is 18.2 Å². The van der Waals surface area contributed by atoms with Crippen LogP contribution in [-0.2, 0) is 0 Å². The molecule has 1 aromatic carbocycles. The normalized spacial score (nSPS) is 12.9. The van der Waals surface area contributed by atoms with Crippen molar-refractivity contribution in [2.24, 2.45) is 0 Å². The van der Waals surface area contributed by atoms with Gasteiger partial charge in [-0.15, -0.1) is 0 Å². The zero-order chi connectivity index (χ0) is 16.4. The SMILES string of the molecule is CCCCN(C/C=C(/c1ccccc1)C(F)(F)F)CCCC. The summed E-state index contributed by atoms with van der Waals surface area (Å²) in [5.41, 5.74) is -0.299. The number of benzene rings is 1. The summed E-state index contributed by atoms with van der Waals surface area (Å²) in [5, 5.41) is 0. The summed E-state index contributed by atoms with van der Waals surface area (Å²) in [4.78, 5) is 2.11. The van der Waals surface area contributed by atoms with E-state index >= 15 is 0 Å². The van der Waals surface area contributed by atoms with Crippen LogP contribution in [0.15, 0.2) is 36.4 Å². The first-order valence-corrected chi connectivity index (χ1v) is 8.04. The third-order valence-corrected chi connectivity index (χ3v) is 3.60. The summed E-state index contributed by atoms with van der Waals surface area (Å²) in [6, 6.07) is 8.04. The van der Waals surface area contributed by atoms with Gasteiger partial charge in [0.1, 0.15) is 0 Å². The van der Waals surface area contributed by atoms with E-state index in [0.717, 1.165) is 38.8 Å². The van der Waals surface area contributed by atoms with E-state index in [1.165, 1.54) is 18.2 Å². The second kappa shape index (κ2) is 9.67. The number of rotatable bonds is 9. The number of alkyl halides is 3. The van der Waals surface area contributed by atoms with Crippen LogP contribution >= 0.6 is 0 Å². The molecule has 1 aromatic rings. The average molecular weight is 313 g/mol. The first kappa shape index (κ1) is 18.8. The molecule has 0 aliphatic carbocycles. The molecule has 0 fully saturated rings. The van der Waals surface area contributed by atoms with Crippen LogP contribution in [0.5, 0.6) is 0 Å². The summed E-state index contributed by atoms with van der Waals surface area (Å²) in [5.74, 6) is 0. The number of allylic oxidation sites excluding steroid dienone is 1. The zero-order valence-electron chi connectivity index (χ0n) is 13.5. The second-order valence-electron chi connectivity index (χ2n) is 5.49. The largest absolute Gasteiger partial charge is 0.416 e. The lowest BCUT2D eigenvalue weighted by atomic mass is 10.1. The molecule has 4 heteroatoms. The topological polar surface area (TPSA) is 3.24 Å². The fourth-order valence-corrected chi connectivity index (χ4v) is 2.29. The molecule has 0 unspecified atom stereocenters. The molecule has 1 rings (SSSR count). The van der Waals surface area contributed by atoms with Crippen molar-refractivity contribution in [3.8, 4) is 0 Å². The van der Waals surface area contributed by atoms with Crippen LogP contribution < -0.4 is 0 Å². The van der Waals surface area contributed by atoms with Crippen LogP contribution in [0.3, 0.4) is 0 Å². The molecule has 0 saturated heterocycles. The summed E-state index contributed by atoms with van der Waals surface area (Å²) >= 11 is 0. The van der Waals surface area contributed by atoms with Crippen LogP contribution in [0, 0.1) is 0 Å². The van der Waals surface area contributed by atoms with Gasteiger partial charge in [-0.3, -0.25) is 4.90 Å². The molecular formula is C18H26F3N. The molecule has 0 heterocycles. The fourth-order valence-electron chi connectivity index (χ4n) is 2.29. The highest BCUT2D eigenvalue weighted by Crippen LogP contribution is 2.33. The summed E-state index contributed by atoms with van der Waals surface area (Å²) in [6.45, 7) is 6.25. The minimum atomic E-state index is -4.32. The third-order valence-electron chi connectivity index (χ3n) is 3.60. The maximum Gasteiger partial charge on any atom is 0.416 e. The van der Waals surface area contributed by atoms with E-state index in [0.29, 0.717) is 6.54 Å². The molecule has 0 saturated carbocycles. The molecule has 0 aliphatic rings. The molecule has 124 valence electrons. The van der Waals surface area contributed by atoms with E-state index in [1.807, 2.05) is 0 Å². The van der Waals surface area contributed by atoms with Crippen LogP contribution in [0.2, 0.25) is 0 Å². The van der Waals surface area contributed by atoms with Crippen molar-refractivity contribution in [2.45, 2.75) is 45.7 Å². The summed E-state index contributed by atoms with van der Waals surface area (Å²) in [6.07, 6.45) is 1.16. The van der Waals surface area contributed by atoms with Gasteiger partial charge in [0.2, 0.25) is 0 Å². The average Bonchev–Trinajstić information content (AvgIpc) is 2.49. The molecule has 0 N–H and O–H groups in total. The van der Waals surface area contributed by atoms with Crippen molar-refractivity contribution >= 4 is 5.57 Å². The quantitative estimate of drug-likeness (QED) is 0.579. The molecule has 0 bridgehead atoms. The molecule has 0 amide bonds. The van der Waals surface area contributed by atoms with E-state index in [-0.39, 0.29) is 5.56 Å². The number of hydrogen-bond donors (Lipinski definition) is 0. The maximum absolute atomic E-state index is 13.3. The van der Waals surface area contributed by atoms with Gasteiger partial charge in [0.15, 0.2) is 0 Å². The lowest BCUT2D eigenvalue weighted by Crippen LogP contribution is -2.27. The smallest absolute Gasteiger partial charge is 0.300 e. The van der Waals surface area contributed by atoms with Gasteiger partial charge in [0.05, 0.1) is 5.57 Å². The molecule has 1 nitrogen and oxygen atoms in total. The summed E-state index contributed by atoms with van der Waals surface area (Å²) < 4.78 is 39.8. The Morgan fingerprint density at radius 3 is 2.00 bits per heavy atom. The number of hydrogen-bond acceptors (Lipinski definition) is 1. The van der Waals surface area contributed by atoms with Gasteiger partial charge < -0.3 is 0 Å². The van der Waals surface area contributed by atoms with Gasteiger partial charge in [0, 0.05) is 6.54 Å². The van der Waals surface area contributed by atoms with Gasteiger partial charge in [0.25, 0.3) is 0 Å². The van der Waals surface area contributed by atoms with Gasteiger partial charge in [-0.05, 0) is 31.5 Å². The molecular weight excluding hydrogens is 287 g/mol. The van der Waals surface area contributed by atoms with Crippen molar-refractivity contribution in [3.05, 3.63) is 42.0 Å². The highest BCUT2D eigenvalue weighted by molar-refractivity contribution is 5.69. The zero-order valence-corrected chi connectivity index (χ0v) is 13.5. The lowest BCUT2D eigenvalue weighted by molar-refractivity contribution is -0.0691. The maximum atomic E-state index is 13.3. The first-order chi connectivity index (χ1) is 10.5. The van der Waals surface area contributed by atoms with Crippen molar-refractivity contribution in [3.63, 3.8) is 0 Å². The minimum absolute atomic E-state index is 0.237. The van der Waals surface area contributed by atoms with E-state index in [2.05, 4.69) is 18.7 Å². The predicted octanol–water partition coefficient (Wildman–Crippen LogP) is 5.53. The number of nitrogens with zero attached hydrogens (tertiary/aromatic N) is 1. The minimum Gasteiger partial charge on any atom is -0.300 e. The lowest BCUT2D eigenvalue weighted by Gasteiger charge is -2.21. The van der Waals surface area contributed by atoms with Crippen LogP contribution in [0.4, 0.5) is 13.2 Å². The predicted molar refractivity (Wildman–Crippen MR) is 86.7 cm³/mol. The number of halogens is 3. The van der Waals surface area contributed by atoms with Gasteiger partial charge in [-0.1, -0.05) is 63.1 Å². The molecule has 0 atom stereocenters.